The summed E-state index contributed by atoms with van der Waals surface area (Å²) < 4.78 is 34.2. The molecular formula is C14H20N6O3S. The van der Waals surface area contributed by atoms with Gasteiger partial charge in [-0.2, -0.15) is 4.31 Å². The van der Waals surface area contributed by atoms with Crippen LogP contribution in [0.4, 0.5) is 5.82 Å². The highest BCUT2D eigenvalue weighted by Crippen LogP contribution is 2.28. The van der Waals surface area contributed by atoms with Crippen LogP contribution in [-0.4, -0.2) is 66.0 Å². The van der Waals surface area contributed by atoms with Gasteiger partial charge in [0.15, 0.2) is 10.8 Å². The van der Waals surface area contributed by atoms with E-state index < -0.39 is 16.1 Å². The summed E-state index contributed by atoms with van der Waals surface area (Å²) >= 11 is 0. The lowest BCUT2D eigenvalue weighted by molar-refractivity contribution is -0.00487. The third-order valence-electron chi connectivity index (χ3n) is 3.75. The molecule has 0 spiro atoms. The van der Waals surface area contributed by atoms with E-state index in [4.69, 9.17) is 4.74 Å². The number of imidazole rings is 1. The first-order valence-corrected chi connectivity index (χ1v) is 8.91. The molecule has 1 saturated heterocycles. The monoisotopic (exact) mass is 352 g/mol. The minimum Gasteiger partial charge on any atom is -0.369 e. The Morgan fingerprint density at radius 3 is 2.67 bits per heavy atom. The molecule has 2 aromatic rings. The quantitative estimate of drug-likeness (QED) is 0.767. The number of sulfonamides is 1. The van der Waals surface area contributed by atoms with Gasteiger partial charge in [0.05, 0.1) is 12.9 Å². The van der Waals surface area contributed by atoms with Crippen molar-refractivity contribution < 1.29 is 13.2 Å². The molecule has 1 atom stereocenters. The summed E-state index contributed by atoms with van der Waals surface area (Å²) in [6, 6.07) is 0. The highest BCUT2D eigenvalue weighted by atomic mass is 32.2. The Morgan fingerprint density at radius 1 is 1.25 bits per heavy atom. The average molecular weight is 352 g/mol. The fraction of sp³-hybridized carbons (Fsp3) is 0.500. The molecule has 1 aliphatic rings. The van der Waals surface area contributed by atoms with Crippen LogP contribution in [0, 0.1) is 0 Å². The van der Waals surface area contributed by atoms with Gasteiger partial charge in [0.25, 0.3) is 10.0 Å². The number of nitrogens with zero attached hydrogens (tertiary/aromatic N) is 6. The van der Waals surface area contributed by atoms with Gasteiger partial charge in [-0.15, -0.1) is 0 Å². The van der Waals surface area contributed by atoms with Gasteiger partial charge in [-0.25, -0.2) is 18.4 Å². The molecular weight excluding hydrogens is 332 g/mol. The molecule has 0 unspecified atom stereocenters. The zero-order valence-corrected chi connectivity index (χ0v) is 14.6. The van der Waals surface area contributed by atoms with Crippen LogP contribution in [0.1, 0.15) is 11.8 Å². The maximum absolute atomic E-state index is 12.7. The van der Waals surface area contributed by atoms with E-state index >= 15 is 0 Å². The molecule has 0 aliphatic carbocycles. The van der Waals surface area contributed by atoms with Gasteiger partial charge in [-0.3, -0.25) is 4.98 Å². The van der Waals surface area contributed by atoms with Crippen LogP contribution >= 0.6 is 0 Å². The first kappa shape index (κ1) is 16.8. The predicted octanol–water partition coefficient (Wildman–Crippen LogP) is 0.0383. The minimum atomic E-state index is -3.66. The van der Waals surface area contributed by atoms with E-state index in [1.807, 2.05) is 19.0 Å². The van der Waals surface area contributed by atoms with E-state index in [0.717, 1.165) is 0 Å². The van der Waals surface area contributed by atoms with E-state index in [1.54, 1.807) is 24.0 Å². The van der Waals surface area contributed by atoms with Crippen molar-refractivity contribution in [3.63, 3.8) is 0 Å². The van der Waals surface area contributed by atoms with Crippen molar-refractivity contribution in [2.45, 2.75) is 11.1 Å². The first-order chi connectivity index (χ1) is 11.4. The molecule has 130 valence electrons. The number of aryl methyl sites for hydroxylation is 1. The highest BCUT2D eigenvalue weighted by Gasteiger charge is 2.34. The summed E-state index contributed by atoms with van der Waals surface area (Å²) in [5, 5.41) is 0.0395. The highest BCUT2D eigenvalue weighted by molar-refractivity contribution is 7.89. The Bertz CT molecular complexity index is 819. The van der Waals surface area contributed by atoms with Crippen molar-refractivity contribution in [3.8, 4) is 0 Å². The van der Waals surface area contributed by atoms with Crippen LogP contribution in [0.3, 0.4) is 0 Å². The normalized spacial score (nSPS) is 19.4. The lowest BCUT2D eigenvalue weighted by Crippen LogP contribution is -2.42. The molecule has 0 radical (unpaired) electrons. The van der Waals surface area contributed by atoms with Gasteiger partial charge in [0.1, 0.15) is 11.8 Å². The Hall–Kier alpha value is -2.04. The number of hydrogen-bond donors (Lipinski definition) is 0. The number of hydrogen-bond acceptors (Lipinski definition) is 7. The van der Waals surface area contributed by atoms with Gasteiger partial charge >= 0.3 is 0 Å². The van der Waals surface area contributed by atoms with Crippen molar-refractivity contribution in [3.05, 3.63) is 30.6 Å². The maximum Gasteiger partial charge on any atom is 0.262 e. The summed E-state index contributed by atoms with van der Waals surface area (Å²) in [6.07, 6.45) is 5.68. The van der Waals surface area contributed by atoms with E-state index in [-0.39, 0.29) is 18.1 Å². The van der Waals surface area contributed by atoms with Gasteiger partial charge in [0, 0.05) is 52.8 Å². The Morgan fingerprint density at radius 2 is 2.00 bits per heavy atom. The zero-order chi connectivity index (χ0) is 17.3. The third-order valence-corrected chi connectivity index (χ3v) is 5.50. The molecule has 0 bridgehead atoms. The van der Waals surface area contributed by atoms with Gasteiger partial charge in [-0.1, -0.05) is 0 Å². The molecule has 0 saturated carbocycles. The van der Waals surface area contributed by atoms with Crippen LogP contribution in [0.5, 0.6) is 0 Å². The number of aromatic nitrogens is 4. The van der Waals surface area contributed by atoms with Crippen LogP contribution in [0.15, 0.2) is 29.9 Å². The lowest BCUT2D eigenvalue weighted by atomic mass is 10.2. The van der Waals surface area contributed by atoms with E-state index in [9.17, 15) is 8.42 Å². The van der Waals surface area contributed by atoms with E-state index in [1.165, 1.54) is 16.8 Å². The molecule has 3 heterocycles. The van der Waals surface area contributed by atoms with Crippen LogP contribution < -0.4 is 4.90 Å². The van der Waals surface area contributed by atoms with Crippen molar-refractivity contribution >= 4 is 15.8 Å². The fourth-order valence-corrected chi connectivity index (χ4v) is 3.97. The smallest absolute Gasteiger partial charge is 0.262 e. The summed E-state index contributed by atoms with van der Waals surface area (Å²) in [6.45, 7) is 0.756. The van der Waals surface area contributed by atoms with Gasteiger partial charge in [0.2, 0.25) is 0 Å². The number of anilines is 1. The van der Waals surface area contributed by atoms with E-state index in [2.05, 4.69) is 15.0 Å². The molecule has 24 heavy (non-hydrogen) atoms. The molecule has 10 heteroatoms. The fourth-order valence-electron chi connectivity index (χ4n) is 2.58. The molecule has 0 aromatic carbocycles. The number of ether oxygens (including phenoxy) is 1. The molecule has 9 nitrogen and oxygen atoms in total. The van der Waals surface area contributed by atoms with Crippen molar-refractivity contribution in [1.29, 1.82) is 0 Å². The molecule has 1 fully saturated rings. The van der Waals surface area contributed by atoms with Crippen molar-refractivity contribution in [2.75, 3.05) is 38.7 Å². The lowest BCUT2D eigenvalue weighted by Gasteiger charge is -2.32. The standard InChI is InChI=1S/C14H20N6O3S/c1-18(2)14-13(15-4-5-16-14)11-8-20(6-7-23-11)24(21,22)12-9-19(3)10-17-12/h4-5,9-11H,6-8H2,1-3H3/t11-/m0/s1. The summed E-state index contributed by atoms with van der Waals surface area (Å²) in [7, 11) is 1.80. The van der Waals surface area contributed by atoms with Crippen LogP contribution in [0.2, 0.25) is 0 Å². The molecule has 2 aromatic heterocycles. The minimum absolute atomic E-state index is 0.0395. The van der Waals surface area contributed by atoms with Gasteiger partial charge in [-0.05, 0) is 0 Å². The summed E-state index contributed by atoms with van der Waals surface area (Å²) in [5.41, 5.74) is 0.628. The van der Waals surface area contributed by atoms with Crippen LogP contribution in [-0.2, 0) is 21.8 Å². The predicted molar refractivity (Wildman–Crippen MR) is 87.0 cm³/mol. The Balaban J connectivity index is 1.88. The third kappa shape index (κ3) is 3.12. The Kier molecular flexibility index (Phi) is 4.52. The average Bonchev–Trinajstić information content (AvgIpc) is 3.02. The van der Waals surface area contributed by atoms with Gasteiger partial charge < -0.3 is 14.2 Å². The number of rotatable bonds is 4. The van der Waals surface area contributed by atoms with Crippen molar-refractivity contribution in [1.82, 2.24) is 23.8 Å². The summed E-state index contributed by atoms with van der Waals surface area (Å²) in [4.78, 5) is 14.4. The zero-order valence-electron chi connectivity index (χ0n) is 13.8. The topological polar surface area (TPSA) is 93.5 Å². The Labute approximate surface area is 141 Å². The molecule has 1 aliphatic heterocycles. The van der Waals surface area contributed by atoms with Crippen molar-refractivity contribution in [2.24, 2.45) is 7.05 Å². The first-order valence-electron chi connectivity index (χ1n) is 7.47. The molecule has 0 N–H and O–H groups in total. The number of morpholine rings is 1. The second-order valence-electron chi connectivity index (χ2n) is 5.76. The second kappa shape index (κ2) is 6.46. The maximum atomic E-state index is 12.7. The van der Waals surface area contributed by atoms with Crippen LogP contribution in [0.25, 0.3) is 0 Å². The second-order valence-corrected chi connectivity index (χ2v) is 7.64. The largest absolute Gasteiger partial charge is 0.369 e. The molecule has 3 rings (SSSR count). The molecule has 0 amide bonds. The SMILES string of the molecule is CN(C)c1nccnc1[C@@H]1CN(S(=O)(=O)c2cn(C)cn2)CCO1. The van der Waals surface area contributed by atoms with E-state index in [0.29, 0.717) is 18.1 Å². The summed E-state index contributed by atoms with van der Waals surface area (Å²) in [5.74, 6) is 0.666.